The van der Waals surface area contributed by atoms with Crippen LogP contribution in [-0.2, 0) is 11.3 Å². The maximum atomic E-state index is 9.60. The maximum absolute atomic E-state index is 9.60. The van der Waals surface area contributed by atoms with E-state index in [-0.39, 0.29) is 11.9 Å². The summed E-state index contributed by atoms with van der Waals surface area (Å²) in [6.45, 7) is 1.65. The van der Waals surface area contributed by atoms with Crippen molar-refractivity contribution >= 4 is 0 Å². The van der Waals surface area contributed by atoms with Crippen LogP contribution in [0.3, 0.4) is 0 Å². The van der Waals surface area contributed by atoms with Gasteiger partial charge >= 0.3 is 0 Å². The monoisotopic (exact) mass is 320 g/mol. The predicted octanol–water partition coefficient (Wildman–Crippen LogP) is 4.10. The standard InChI is InChI=1S/C20H20N2O2/c23-17-10-8-16(9-11-17)20-19(15-5-2-1-3-6-15)21-14-22(20)13-18-7-4-12-24-18/h1-3,5-6,8-11,14,18,23H,4,7,12-13H2/t18-/m1/s1. The number of phenolic OH excluding ortho intramolecular Hbond substituents is 1. The van der Waals surface area contributed by atoms with Crippen LogP contribution >= 0.6 is 0 Å². The van der Waals surface area contributed by atoms with Gasteiger partial charge in [0.15, 0.2) is 0 Å². The van der Waals surface area contributed by atoms with Gasteiger partial charge in [-0.2, -0.15) is 0 Å². The van der Waals surface area contributed by atoms with Gasteiger partial charge in [-0.1, -0.05) is 30.3 Å². The lowest BCUT2D eigenvalue weighted by atomic mass is 10.0. The molecule has 1 saturated heterocycles. The molecule has 2 aromatic carbocycles. The van der Waals surface area contributed by atoms with E-state index < -0.39 is 0 Å². The van der Waals surface area contributed by atoms with Crippen molar-refractivity contribution in [2.75, 3.05) is 6.61 Å². The summed E-state index contributed by atoms with van der Waals surface area (Å²) in [6.07, 6.45) is 4.36. The van der Waals surface area contributed by atoms with E-state index in [1.807, 2.05) is 36.7 Å². The first-order valence-electron chi connectivity index (χ1n) is 8.33. The van der Waals surface area contributed by atoms with Crippen molar-refractivity contribution < 1.29 is 9.84 Å². The van der Waals surface area contributed by atoms with E-state index in [0.717, 1.165) is 48.5 Å². The van der Waals surface area contributed by atoms with Gasteiger partial charge in [0.1, 0.15) is 5.75 Å². The predicted molar refractivity (Wildman–Crippen MR) is 93.7 cm³/mol. The topological polar surface area (TPSA) is 47.3 Å². The molecule has 0 amide bonds. The zero-order chi connectivity index (χ0) is 16.4. The lowest BCUT2D eigenvalue weighted by Crippen LogP contribution is -2.15. The van der Waals surface area contributed by atoms with Crippen molar-refractivity contribution in [3.63, 3.8) is 0 Å². The molecule has 0 aliphatic carbocycles. The van der Waals surface area contributed by atoms with Crippen LogP contribution in [0.15, 0.2) is 60.9 Å². The molecule has 122 valence electrons. The molecule has 1 aromatic heterocycles. The Labute approximate surface area is 141 Å². The molecule has 1 aliphatic rings. The van der Waals surface area contributed by atoms with Crippen molar-refractivity contribution in [3.05, 3.63) is 60.9 Å². The first-order chi connectivity index (χ1) is 11.8. The van der Waals surface area contributed by atoms with E-state index >= 15 is 0 Å². The highest BCUT2D eigenvalue weighted by Crippen LogP contribution is 2.32. The van der Waals surface area contributed by atoms with Crippen molar-refractivity contribution in [2.45, 2.75) is 25.5 Å². The minimum atomic E-state index is 0.249. The molecule has 4 nitrogen and oxygen atoms in total. The third kappa shape index (κ3) is 2.93. The van der Waals surface area contributed by atoms with Gasteiger partial charge in [0, 0.05) is 17.7 Å². The first kappa shape index (κ1) is 15.0. The Hall–Kier alpha value is -2.59. The normalized spacial score (nSPS) is 17.2. The summed E-state index contributed by atoms with van der Waals surface area (Å²) in [7, 11) is 0. The van der Waals surface area contributed by atoms with E-state index in [0.29, 0.717) is 0 Å². The minimum absolute atomic E-state index is 0.249. The highest BCUT2D eigenvalue weighted by molar-refractivity contribution is 5.78. The molecule has 4 rings (SSSR count). The molecule has 0 saturated carbocycles. The lowest BCUT2D eigenvalue weighted by molar-refractivity contribution is 0.0973. The van der Waals surface area contributed by atoms with Gasteiger partial charge in [0.25, 0.3) is 0 Å². The van der Waals surface area contributed by atoms with Gasteiger partial charge in [-0.15, -0.1) is 0 Å². The van der Waals surface area contributed by atoms with E-state index in [1.54, 1.807) is 12.1 Å². The smallest absolute Gasteiger partial charge is 0.115 e. The van der Waals surface area contributed by atoms with Crippen LogP contribution in [-0.4, -0.2) is 27.4 Å². The molecule has 0 unspecified atom stereocenters. The van der Waals surface area contributed by atoms with Gasteiger partial charge in [-0.25, -0.2) is 4.98 Å². The Morgan fingerprint density at radius 1 is 1.04 bits per heavy atom. The lowest BCUT2D eigenvalue weighted by Gasteiger charge is -2.14. The number of nitrogens with zero attached hydrogens (tertiary/aromatic N) is 2. The molecule has 0 radical (unpaired) electrons. The molecule has 2 heterocycles. The number of aromatic nitrogens is 2. The van der Waals surface area contributed by atoms with Crippen LogP contribution in [0.2, 0.25) is 0 Å². The highest BCUT2D eigenvalue weighted by Gasteiger charge is 2.20. The van der Waals surface area contributed by atoms with Crippen molar-refractivity contribution in [3.8, 4) is 28.3 Å². The number of phenols is 1. The molecule has 1 atom stereocenters. The van der Waals surface area contributed by atoms with E-state index in [1.165, 1.54) is 0 Å². The van der Waals surface area contributed by atoms with Crippen LogP contribution in [0.4, 0.5) is 0 Å². The van der Waals surface area contributed by atoms with Crippen LogP contribution in [0.1, 0.15) is 12.8 Å². The van der Waals surface area contributed by atoms with Crippen molar-refractivity contribution in [2.24, 2.45) is 0 Å². The Balaban J connectivity index is 1.79. The van der Waals surface area contributed by atoms with Gasteiger partial charge in [0.2, 0.25) is 0 Å². The number of aromatic hydroxyl groups is 1. The highest BCUT2D eigenvalue weighted by atomic mass is 16.5. The van der Waals surface area contributed by atoms with Gasteiger partial charge in [-0.3, -0.25) is 0 Å². The summed E-state index contributed by atoms with van der Waals surface area (Å²) in [4.78, 5) is 4.67. The third-order valence-corrected chi connectivity index (χ3v) is 4.45. The Bertz CT molecular complexity index is 803. The fraction of sp³-hybridized carbons (Fsp3) is 0.250. The first-order valence-corrected chi connectivity index (χ1v) is 8.33. The average molecular weight is 320 g/mol. The molecule has 4 heteroatoms. The van der Waals surface area contributed by atoms with E-state index in [2.05, 4.69) is 21.7 Å². The molecular weight excluding hydrogens is 300 g/mol. The Morgan fingerprint density at radius 2 is 1.83 bits per heavy atom. The van der Waals surface area contributed by atoms with Crippen LogP contribution in [0, 0.1) is 0 Å². The Kier molecular flexibility index (Phi) is 4.05. The largest absolute Gasteiger partial charge is 0.508 e. The molecule has 0 spiro atoms. The van der Waals surface area contributed by atoms with Crippen molar-refractivity contribution in [1.82, 2.24) is 9.55 Å². The number of hydrogen-bond donors (Lipinski definition) is 1. The fourth-order valence-electron chi connectivity index (χ4n) is 3.26. The Morgan fingerprint density at radius 3 is 2.54 bits per heavy atom. The molecular formula is C20H20N2O2. The second-order valence-electron chi connectivity index (χ2n) is 6.14. The zero-order valence-electron chi connectivity index (χ0n) is 13.4. The summed E-state index contributed by atoms with van der Waals surface area (Å²) < 4.78 is 7.96. The molecule has 1 aliphatic heterocycles. The van der Waals surface area contributed by atoms with Crippen LogP contribution in [0.25, 0.3) is 22.5 Å². The van der Waals surface area contributed by atoms with E-state index in [9.17, 15) is 5.11 Å². The summed E-state index contributed by atoms with van der Waals surface area (Å²) in [5.74, 6) is 0.269. The summed E-state index contributed by atoms with van der Waals surface area (Å²) >= 11 is 0. The maximum Gasteiger partial charge on any atom is 0.115 e. The number of rotatable bonds is 4. The van der Waals surface area contributed by atoms with Crippen LogP contribution in [0.5, 0.6) is 5.75 Å². The second kappa shape index (κ2) is 6.49. The van der Waals surface area contributed by atoms with Crippen LogP contribution < -0.4 is 0 Å². The SMILES string of the molecule is Oc1ccc(-c2c(-c3ccccc3)ncn2C[C@H]2CCCO2)cc1. The van der Waals surface area contributed by atoms with Gasteiger partial charge in [-0.05, 0) is 37.1 Å². The number of hydrogen-bond acceptors (Lipinski definition) is 3. The van der Waals surface area contributed by atoms with E-state index in [4.69, 9.17) is 4.74 Å². The number of imidazole rings is 1. The molecule has 1 N–H and O–H groups in total. The zero-order valence-corrected chi connectivity index (χ0v) is 13.4. The average Bonchev–Trinajstić information content (AvgIpc) is 3.27. The van der Waals surface area contributed by atoms with Gasteiger partial charge in [0.05, 0.1) is 30.4 Å². The quantitative estimate of drug-likeness (QED) is 0.787. The molecule has 0 bridgehead atoms. The summed E-state index contributed by atoms with van der Waals surface area (Å²) in [6, 6.07) is 17.5. The molecule has 1 fully saturated rings. The second-order valence-corrected chi connectivity index (χ2v) is 6.14. The molecule has 3 aromatic rings. The molecule has 24 heavy (non-hydrogen) atoms. The fourth-order valence-corrected chi connectivity index (χ4v) is 3.26. The van der Waals surface area contributed by atoms with Gasteiger partial charge < -0.3 is 14.4 Å². The number of benzene rings is 2. The van der Waals surface area contributed by atoms with Crippen molar-refractivity contribution in [1.29, 1.82) is 0 Å². The number of ether oxygens (including phenoxy) is 1. The minimum Gasteiger partial charge on any atom is -0.508 e. The summed E-state index contributed by atoms with van der Waals surface area (Å²) in [5.41, 5.74) is 4.16. The summed E-state index contributed by atoms with van der Waals surface area (Å²) in [5, 5.41) is 9.60. The third-order valence-electron chi connectivity index (χ3n) is 4.45.